The van der Waals surface area contributed by atoms with Crippen molar-refractivity contribution in [2.75, 3.05) is 17.6 Å². The van der Waals surface area contributed by atoms with Crippen LogP contribution >= 0.6 is 0 Å². The van der Waals surface area contributed by atoms with Crippen LogP contribution in [0.25, 0.3) is 0 Å². The predicted octanol–water partition coefficient (Wildman–Crippen LogP) is 2.43. The van der Waals surface area contributed by atoms with Gasteiger partial charge in [-0.05, 0) is 31.2 Å². The first-order valence-corrected chi connectivity index (χ1v) is 5.45. The molecule has 1 aromatic rings. The second-order valence-corrected chi connectivity index (χ2v) is 4.00. The van der Waals surface area contributed by atoms with E-state index in [-0.39, 0.29) is 0 Å². The third-order valence-corrected chi connectivity index (χ3v) is 2.75. The van der Waals surface area contributed by atoms with Gasteiger partial charge in [0.2, 0.25) is 0 Å². The van der Waals surface area contributed by atoms with E-state index in [2.05, 4.69) is 22.5 Å². The van der Waals surface area contributed by atoms with Gasteiger partial charge in [-0.25, -0.2) is 4.98 Å². The third kappa shape index (κ3) is 2.98. The standard InChI is InChI=1S/C12H17N3/c13-12-8-11(6-7-14-12)15-9-10-4-2-1-3-5-10/h1-2,6-8,10H,3-5,9H2,(H3,13,14,15). The van der Waals surface area contributed by atoms with Crippen LogP contribution in [0.5, 0.6) is 0 Å². The van der Waals surface area contributed by atoms with Crippen molar-refractivity contribution in [1.29, 1.82) is 0 Å². The fraction of sp³-hybridized carbons (Fsp3) is 0.417. The maximum Gasteiger partial charge on any atom is 0.125 e. The van der Waals surface area contributed by atoms with E-state index in [9.17, 15) is 0 Å². The zero-order valence-corrected chi connectivity index (χ0v) is 8.82. The highest BCUT2D eigenvalue weighted by Crippen LogP contribution is 2.19. The maximum atomic E-state index is 5.61. The Kier molecular flexibility index (Phi) is 3.22. The fourth-order valence-electron chi connectivity index (χ4n) is 1.86. The van der Waals surface area contributed by atoms with Gasteiger partial charge in [0.05, 0.1) is 0 Å². The Hall–Kier alpha value is -1.51. The van der Waals surface area contributed by atoms with Crippen molar-refractivity contribution in [1.82, 2.24) is 4.98 Å². The molecule has 1 atom stereocenters. The summed E-state index contributed by atoms with van der Waals surface area (Å²) in [4.78, 5) is 3.96. The van der Waals surface area contributed by atoms with Crippen LogP contribution in [0.4, 0.5) is 11.5 Å². The number of aromatic nitrogens is 1. The number of nitrogens with one attached hydrogen (secondary N) is 1. The number of hydrogen-bond donors (Lipinski definition) is 2. The molecule has 1 aromatic heterocycles. The second kappa shape index (κ2) is 4.82. The zero-order valence-electron chi connectivity index (χ0n) is 8.82. The van der Waals surface area contributed by atoms with E-state index in [4.69, 9.17) is 5.73 Å². The van der Waals surface area contributed by atoms with Gasteiger partial charge in [-0.3, -0.25) is 0 Å². The van der Waals surface area contributed by atoms with Crippen molar-refractivity contribution in [3.05, 3.63) is 30.5 Å². The smallest absolute Gasteiger partial charge is 0.125 e. The monoisotopic (exact) mass is 203 g/mol. The van der Waals surface area contributed by atoms with Crippen molar-refractivity contribution in [2.24, 2.45) is 5.92 Å². The number of nitrogen functional groups attached to an aromatic ring is 1. The molecule has 3 heteroatoms. The predicted molar refractivity (Wildman–Crippen MR) is 63.6 cm³/mol. The Morgan fingerprint density at radius 1 is 1.47 bits per heavy atom. The molecule has 0 amide bonds. The minimum atomic E-state index is 0.573. The van der Waals surface area contributed by atoms with Crippen molar-refractivity contribution in [3.8, 4) is 0 Å². The van der Waals surface area contributed by atoms with E-state index in [1.165, 1.54) is 19.3 Å². The lowest BCUT2D eigenvalue weighted by Gasteiger charge is -2.18. The normalized spacial score (nSPS) is 20.1. The third-order valence-electron chi connectivity index (χ3n) is 2.75. The molecule has 2 rings (SSSR count). The Balaban J connectivity index is 1.84. The molecule has 3 N–H and O–H groups in total. The molecule has 1 aliphatic carbocycles. The topological polar surface area (TPSA) is 50.9 Å². The Morgan fingerprint density at radius 3 is 3.13 bits per heavy atom. The van der Waals surface area contributed by atoms with Crippen molar-refractivity contribution >= 4 is 11.5 Å². The minimum absolute atomic E-state index is 0.573. The molecule has 3 nitrogen and oxygen atoms in total. The van der Waals surface area contributed by atoms with Gasteiger partial charge in [-0.15, -0.1) is 0 Å². The maximum absolute atomic E-state index is 5.61. The van der Waals surface area contributed by atoms with Crippen LogP contribution in [0.3, 0.4) is 0 Å². The van der Waals surface area contributed by atoms with Gasteiger partial charge in [0.15, 0.2) is 0 Å². The summed E-state index contributed by atoms with van der Waals surface area (Å²) in [6, 6.07) is 3.83. The highest BCUT2D eigenvalue weighted by atomic mass is 14.9. The number of rotatable bonds is 3. The van der Waals surface area contributed by atoms with Gasteiger partial charge in [-0.2, -0.15) is 0 Å². The molecule has 0 saturated heterocycles. The first-order chi connectivity index (χ1) is 7.34. The summed E-state index contributed by atoms with van der Waals surface area (Å²) >= 11 is 0. The van der Waals surface area contributed by atoms with Gasteiger partial charge in [-0.1, -0.05) is 12.2 Å². The van der Waals surface area contributed by atoms with Crippen molar-refractivity contribution in [3.63, 3.8) is 0 Å². The lowest BCUT2D eigenvalue weighted by atomic mass is 9.94. The molecule has 0 saturated carbocycles. The quantitative estimate of drug-likeness (QED) is 0.742. The Morgan fingerprint density at radius 2 is 2.40 bits per heavy atom. The Labute approximate surface area is 90.4 Å². The molecule has 80 valence electrons. The van der Waals surface area contributed by atoms with Gasteiger partial charge < -0.3 is 11.1 Å². The molecule has 0 bridgehead atoms. The molecule has 1 aliphatic rings. The lowest BCUT2D eigenvalue weighted by Crippen LogP contribution is -2.15. The van der Waals surface area contributed by atoms with Crippen LogP contribution in [0, 0.1) is 5.92 Å². The SMILES string of the molecule is Nc1cc(NCC2CC=CCC2)ccn1. The number of nitrogens with zero attached hydrogens (tertiary/aromatic N) is 1. The summed E-state index contributed by atoms with van der Waals surface area (Å²) in [6.07, 6.45) is 9.96. The summed E-state index contributed by atoms with van der Waals surface area (Å²) in [5, 5.41) is 3.40. The first-order valence-electron chi connectivity index (χ1n) is 5.45. The van der Waals surface area contributed by atoms with Crippen LogP contribution in [-0.4, -0.2) is 11.5 Å². The Bertz CT molecular complexity index is 346. The summed E-state index contributed by atoms with van der Waals surface area (Å²) in [5.41, 5.74) is 6.67. The summed E-state index contributed by atoms with van der Waals surface area (Å²) in [7, 11) is 0. The molecule has 15 heavy (non-hydrogen) atoms. The number of pyridine rings is 1. The average Bonchev–Trinajstić information content (AvgIpc) is 2.28. The van der Waals surface area contributed by atoms with Crippen molar-refractivity contribution < 1.29 is 0 Å². The number of allylic oxidation sites excluding steroid dienone is 2. The van der Waals surface area contributed by atoms with Crippen molar-refractivity contribution in [2.45, 2.75) is 19.3 Å². The second-order valence-electron chi connectivity index (χ2n) is 4.00. The highest BCUT2D eigenvalue weighted by molar-refractivity contribution is 5.49. The van der Waals surface area contributed by atoms with Crippen LogP contribution in [-0.2, 0) is 0 Å². The van der Waals surface area contributed by atoms with Crippen LogP contribution in [0.1, 0.15) is 19.3 Å². The highest BCUT2D eigenvalue weighted by Gasteiger charge is 2.08. The minimum Gasteiger partial charge on any atom is -0.385 e. The molecule has 1 unspecified atom stereocenters. The van der Waals surface area contributed by atoms with E-state index in [0.29, 0.717) is 5.82 Å². The largest absolute Gasteiger partial charge is 0.385 e. The van der Waals surface area contributed by atoms with E-state index >= 15 is 0 Å². The molecule has 0 aliphatic heterocycles. The van der Waals surface area contributed by atoms with Crippen LogP contribution < -0.4 is 11.1 Å². The number of anilines is 2. The summed E-state index contributed by atoms with van der Waals surface area (Å²) in [5.74, 6) is 1.33. The number of hydrogen-bond acceptors (Lipinski definition) is 3. The van der Waals surface area contributed by atoms with Gasteiger partial charge in [0, 0.05) is 24.5 Å². The summed E-state index contributed by atoms with van der Waals surface area (Å²) in [6.45, 7) is 1.02. The van der Waals surface area contributed by atoms with E-state index in [1.807, 2.05) is 12.1 Å². The summed E-state index contributed by atoms with van der Waals surface area (Å²) < 4.78 is 0. The average molecular weight is 203 g/mol. The molecule has 0 aromatic carbocycles. The molecule has 0 radical (unpaired) electrons. The molecule has 1 heterocycles. The molecular formula is C12H17N3. The fourth-order valence-corrected chi connectivity index (χ4v) is 1.86. The zero-order chi connectivity index (χ0) is 10.5. The molecule has 0 fully saturated rings. The van der Waals surface area contributed by atoms with Crippen LogP contribution in [0.15, 0.2) is 30.5 Å². The van der Waals surface area contributed by atoms with E-state index in [0.717, 1.165) is 18.2 Å². The number of nitrogens with two attached hydrogens (primary N) is 1. The van der Waals surface area contributed by atoms with Gasteiger partial charge >= 0.3 is 0 Å². The van der Waals surface area contributed by atoms with E-state index < -0.39 is 0 Å². The van der Waals surface area contributed by atoms with Crippen LogP contribution in [0.2, 0.25) is 0 Å². The molecular weight excluding hydrogens is 186 g/mol. The first kappa shape index (κ1) is 10.0. The van der Waals surface area contributed by atoms with E-state index in [1.54, 1.807) is 6.20 Å². The lowest BCUT2D eigenvalue weighted by molar-refractivity contribution is 0.504. The molecule has 0 spiro atoms. The van der Waals surface area contributed by atoms with Gasteiger partial charge in [0.1, 0.15) is 5.82 Å². The van der Waals surface area contributed by atoms with Gasteiger partial charge in [0.25, 0.3) is 0 Å².